The number of nitrogens with two attached hydrogens (primary N) is 1. The molecule has 0 aliphatic heterocycles. The lowest BCUT2D eigenvalue weighted by atomic mass is 10.4. The molecule has 1 aromatic rings. The average Bonchev–Trinajstić information content (AvgIpc) is 2.51. The monoisotopic (exact) mass is 184 g/mol. The van der Waals surface area contributed by atoms with Gasteiger partial charge in [0.2, 0.25) is 0 Å². The van der Waals surface area contributed by atoms with Gasteiger partial charge in [-0.15, -0.1) is 11.3 Å². The van der Waals surface area contributed by atoms with Gasteiger partial charge in [-0.05, 0) is 13.8 Å². The first-order valence-corrected chi connectivity index (χ1v) is 4.55. The Labute approximate surface area is 75.5 Å². The number of hydrazine groups is 1. The molecule has 0 radical (unpaired) electrons. The first-order chi connectivity index (χ1) is 5.74. The van der Waals surface area contributed by atoms with E-state index in [0.717, 1.165) is 4.88 Å². The molecule has 0 spiro atoms. The molecule has 0 bridgehead atoms. The van der Waals surface area contributed by atoms with E-state index in [1.807, 2.05) is 13.8 Å². The van der Waals surface area contributed by atoms with Crippen molar-refractivity contribution < 1.29 is 0 Å². The van der Waals surface area contributed by atoms with Gasteiger partial charge >= 0.3 is 0 Å². The maximum atomic E-state index is 5.31. The van der Waals surface area contributed by atoms with E-state index in [-0.39, 0.29) is 6.04 Å². The van der Waals surface area contributed by atoms with Crippen LogP contribution in [0.4, 0.5) is 0 Å². The average molecular weight is 184 g/mol. The number of amidine groups is 1. The number of hydrogen-bond acceptors (Lipinski definition) is 4. The minimum Gasteiger partial charge on any atom is -0.308 e. The lowest BCUT2D eigenvalue weighted by Crippen LogP contribution is -2.31. The first-order valence-electron chi connectivity index (χ1n) is 3.67. The molecule has 66 valence electrons. The molecule has 1 rings (SSSR count). The molecule has 0 aromatic carbocycles. The molecule has 1 aromatic heterocycles. The number of aliphatic imine (C=N–C) groups is 1. The molecule has 0 amide bonds. The summed E-state index contributed by atoms with van der Waals surface area (Å²) in [5, 5.41) is 0. The standard InChI is InChI=1S/C7H12N4S/c1-5(2)10-7(11-8)6-3-9-4-12-6/h3-5H,8H2,1-2H3,(H,10,11). The van der Waals surface area contributed by atoms with Gasteiger partial charge in [0.05, 0.1) is 10.4 Å². The largest absolute Gasteiger partial charge is 0.308 e. The zero-order valence-corrected chi connectivity index (χ0v) is 7.93. The Kier molecular flexibility index (Phi) is 3.19. The zero-order valence-electron chi connectivity index (χ0n) is 7.11. The lowest BCUT2D eigenvalue weighted by Gasteiger charge is -2.03. The summed E-state index contributed by atoms with van der Waals surface area (Å²) in [6.07, 6.45) is 1.74. The minimum absolute atomic E-state index is 0.234. The molecule has 5 heteroatoms. The van der Waals surface area contributed by atoms with Crippen molar-refractivity contribution in [2.24, 2.45) is 10.8 Å². The van der Waals surface area contributed by atoms with Crippen LogP contribution in [0.15, 0.2) is 16.7 Å². The Balaban J connectivity index is 2.83. The number of rotatable bonds is 2. The van der Waals surface area contributed by atoms with Crippen LogP contribution in [0.25, 0.3) is 0 Å². The van der Waals surface area contributed by atoms with Gasteiger partial charge < -0.3 is 5.43 Å². The van der Waals surface area contributed by atoms with E-state index in [2.05, 4.69) is 15.4 Å². The first kappa shape index (κ1) is 9.15. The molecular weight excluding hydrogens is 172 g/mol. The third-order valence-electron chi connectivity index (χ3n) is 1.19. The van der Waals surface area contributed by atoms with E-state index < -0.39 is 0 Å². The van der Waals surface area contributed by atoms with Crippen molar-refractivity contribution in [2.45, 2.75) is 19.9 Å². The van der Waals surface area contributed by atoms with Crippen molar-refractivity contribution in [1.29, 1.82) is 0 Å². The number of nitrogens with zero attached hydrogens (tertiary/aromatic N) is 2. The number of hydrogen-bond donors (Lipinski definition) is 2. The van der Waals surface area contributed by atoms with Crippen LogP contribution in [0.1, 0.15) is 18.7 Å². The Morgan fingerprint density at radius 2 is 2.50 bits per heavy atom. The van der Waals surface area contributed by atoms with Crippen molar-refractivity contribution in [3.8, 4) is 0 Å². The second-order valence-corrected chi connectivity index (χ2v) is 3.47. The molecule has 0 atom stereocenters. The van der Waals surface area contributed by atoms with Crippen molar-refractivity contribution in [3.63, 3.8) is 0 Å². The lowest BCUT2D eigenvalue weighted by molar-refractivity contribution is 0.821. The van der Waals surface area contributed by atoms with Gasteiger partial charge in [0.1, 0.15) is 0 Å². The van der Waals surface area contributed by atoms with Crippen molar-refractivity contribution in [2.75, 3.05) is 0 Å². The SMILES string of the molecule is CC(C)N=C(NN)c1cncs1. The summed E-state index contributed by atoms with van der Waals surface area (Å²) in [6, 6.07) is 0.234. The van der Waals surface area contributed by atoms with Gasteiger partial charge in [0.15, 0.2) is 5.84 Å². The van der Waals surface area contributed by atoms with Crippen LogP contribution in [-0.4, -0.2) is 16.9 Å². The quantitative estimate of drug-likeness (QED) is 0.309. The highest BCUT2D eigenvalue weighted by atomic mass is 32.1. The van der Waals surface area contributed by atoms with Crippen molar-refractivity contribution in [3.05, 3.63) is 16.6 Å². The van der Waals surface area contributed by atoms with Crippen molar-refractivity contribution in [1.82, 2.24) is 10.4 Å². The molecule has 0 aliphatic rings. The summed E-state index contributed by atoms with van der Waals surface area (Å²) in [5.74, 6) is 6.01. The van der Waals surface area contributed by atoms with E-state index >= 15 is 0 Å². The maximum Gasteiger partial charge on any atom is 0.154 e. The van der Waals surface area contributed by atoms with E-state index in [9.17, 15) is 0 Å². The molecule has 12 heavy (non-hydrogen) atoms. The van der Waals surface area contributed by atoms with Gasteiger partial charge in [-0.2, -0.15) is 0 Å². The van der Waals surface area contributed by atoms with Crippen molar-refractivity contribution >= 4 is 17.2 Å². The number of thiazole rings is 1. The summed E-state index contributed by atoms with van der Waals surface area (Å²) < 4.78 is 0. The van der Waals surface area contributed by atoms with Crippen LogP contribution in [0.3, 0.4) is 0 Å². The van der Waals surface area contributed by atoms with Crippen LogP contribution in [0.2, 0.25) is 0 Å². The minimum atomic E-state index is 0.234. The van der Waals surface area contributed by atoms with Gasteiger partial charge in [0.25, 0.3) is 0 Å². The molecule has 3 N–H and O–H groups in total. The van der Waals surface area contributed by atoms with E-state index in [4.69, 9.17) is 5.84 Å². The summed E-state index contributed by atoms with van der Waals surface area (Å²) in [6.45, 7) is 4.00. The highest BCUT2D eigenvalue weighted by Gasteiger charge is 2.03. The molecule has 0 unspecified atom stereocenters. The van der Waals surface area contributed by atoms with Crippen LogP contribution in [0, 0.1) is 0 Å². The smallest absolute Gasteiger partial charge is 0.154 e. The molecule has 0 saturated carbocycles. The summed E-state index contributed by atoms with van der Waals surface area (Å²) in [7, 11) is 0. The zero-order chi connectivity index (χ0) is 8.97. The fraction of sp³-hybridized carbons (Fsp3) is 0.429. The Morgan fingerprint density at radius 1 is 1.75 bits per heavy atom. The Bertz CT molecular complexity index is 252. The Hall–Kier alpha value is -0.940. The Morgan fingerprint density at radius 3 is 2.92 bits per heavy atom. The van der Waals surface area contributed by atoms with Gasteiger partial charge in [0, 0.05) is 12.2 Å². The molecule has 0 saturated heterocycles. The van der Waals surface area contributed by atoms with Gasteiger partial charge in [-0.3, -0.25) is 9.98 Å². The molecule has 1 heterocycles. The summed E-state index contributed by atoms with van der Waals surface area (Å²) in [4.78, 5) is 9.19. The second-order valence-electron chi connectivity index (χ2n) is 2.58. The normalized spacial score (nSPS) is 12.2. The summed E-state index contributed by atoms with van der Waals surface area (Å²) >= 11 is 1.51. The summed E-state index contributed by atoms with van der Waals surface area (Å²) in [5.41, 5.74) is 4.31. The highest BCUT2D eigenvalue weighted by Crippen LogP contribution is 2.06. The van der Waals surface area contributed by atoms with E-state index in [1.54, 1.807) is 11.7 Å². The van der Waals surface area contributed by atoms with Gasteiger partial charge in [-0.25, -0.2) is 5.84 Å². The predicted octanol–water partition coefficient (Wildman–Crippen LogP) is 0.761. The topological polar surface area (TPSA) is 63.3 Å². The maximum absolute atomic E-state index is 5.31. The third kappa shape index (κ3) is 2.28. The van der Waals surface area contributed by atoms with Crippen LogP contribution in [-0.2, 0) is 0 Å². The van der Waals surface area contributed by atoms with Crippen LogP contribution in [0.5, 0.6) is 0 Å². The van der Waals surface area contributed by atoms with E-state index in [0.29, 0.717) is 5.84 Å². The van der Waals surface area contributed by atoms with Crippen LogP contribution < -0.4 is 11.3 Å². The fourth-order valence-corrected chi connectivity index (χ4v) is 1.34. The second kappa shape index (κ2) is 4.18. The van der Waals surface area contributed by atoms with Gasteiger partial charge in [-0.1, -0.05) is 0 Å². The predicted molar refractivity (Wildman–Crippen MR) is 51.1 cm³/mol. The molecular formula is C7H12N4S. The third-order valence-corrected chi connectivity index (χ3v) is 1.97. The number of nitrogens with one attached hydrogen (secondary N) is 1. The number of aromatic nitrogens is 1. The molecule has 4 nitrogen and oxygen atoms in total. The highest BCUT2D eigenvalue weighted by molar-refractivity contribution is 7.11. The fourth-order valence-electron chi connectivity index (χ4n) is 0.763. The molecule has 0 fully saturated rings. The van der Waals surface area contributed by atoms with Crippen LogP contribution >= 0.6 is 11.3 Å². The van der Waals surface area contributed by atoms with E-state index in [1.165, 1.54) is 11.3 Å². The molecule has 0 aliphatic carbocycles.